The molecule has 0 saturated heterocycles. The van der Waals surface area contributed by atoms with Crippen LogP contribution >= 0.6 is 23.2 Å². The van der Waals surface area contributed by atoms with Crippen molar-refractivity contribution in [3.05, 3.63) is 90.5 Å². The first-order chi connectivity index (χ1) is 22.4. The topological polar surface area (TPSA) is 105 Å². The molecule has 0 atom stereocenters. The molecule has 5 rings (SSSR count). The summed E-state index contributed by atoms with van der Waals surface area (Å²) in [7, 11) is 1.57. The normalized spacial score (nSPS) is 10.9. The average molecular weight is 661 g/mol. The smallest absolute Gasteiger partial charge is 0.253 e. The lowest BCUT2D eigenvalue weighted by Crippen LogP contribution is -2.28. The third-order valence-corrected chi connectivity index (χ3v) is 7.64. The summed E-state index contributed by atoms with van der Waals surface area (Å²) in [5.41, 5.74) is 4.85. The summed E-state index contributed by atoms with van der Waals surface area (Å²) >= 11 is 11.9. The minimum Gasteiger partial charge on any atom is -0.494 e. The summed E-state index contributed by atoms with van der Waals surface area (Å²) in [5.74, 6) is 1.84. The summed E-state index contributed by atoms with van der Waals surface area (Å²) < 4.78 is 11.5. The first kappa shape index (κ1) is 32.7. The van der Waals surface area contributed by atoms with Crippen LogP contribution in [0, 0.1) is 0 Å². The van der Waals surface area contributed by atoms with Gasteiger partial charge in [0.2, 0.25) is 5.91 Å². The van der Waals surface area contributed by atoms with Gasteiger partial charge in [-0.1, -0.05) is 30.3 Å². The van der Waals surface area contributed by atoms with Gasteiger partial charge in [-0.05, 0) is 48.5 Å². The molecule has 5 aromatic rings. The number of hydrogen-bond acceptors (Lipinski definition) is 7. The molecule has 4 aromatic carbocycles. The Morgan fingerprint density at radius 1 is 0.891 bits per heavy atom. The van der Waals surface area contributed by atoms with Gasteiger partial charge < -0.3 is 30.3 Å². The molecule has 0 bridgehead atoms. The van der Waals surface area contributed by atoms with Gasteiger partial charge in [-0.15, -0.1) is 23.2 Å². The number of halogens is 2. The Balaban J connectivity index is 1.34. The molecule has 1 heterocycles. The van der Waals surface area contributed by atoms with Crippen LogP contribution < -0.4 is 30.3 Å². The minimum atomic E-state index is -0.256. The molecular weight excluding hydrogens is 625 g/mol. The van der Waals surface area contributed by atoms with E-state index >= 15 is 0 Å². The molecular formula is C35H35Cl2N5O4. The molecule has 11 heteroatoms. The Morgan fingerprint density at radius 3 is 2.35 bits per heavy atom. The second kappa shape index (κ2) is 15.5. The van der Waals surface area contributed by atoms with Crippen molar-refractivity contribution in [3.63, 3.8) is 0 Å². The number of aromatic nitrogens is 1. The van der Waals surface area contributed by atoms with E-state index in [9.17, 15) is 9.59 Å². The third kappa shape index (κ3) is 7.73. The van der Waals surface area contributed by atoms with Gasteiger partial charge in [0.1, 0.15) is 18.1 Å². The molecule has 3 N–H and O–H groups in total. The second-order valence-corrected chi connectivity index (χ2v) is 11.1. The molecule has 0 aliphatic rings. The highest BCUT2D eigenvalue weighted by Gasteiger charge is 2.17. The van der Waals surface area contributed by atoms with Gasteiger partial charge in [-0.3, -0.25) is 9.59 Å². The zero-order chi connectivity index (χ0) is 32.5. The highest BCUT2D eigenvalue weighted by Crippen LogP contribution is 2.38. The number of carbonyl (C=O) groups excluding carboxylic acids is 2. The van der Waals surface area contributed by atoms with Crippen molar-refractivity contribution in [3.8, 4) is 11.5 Å². The van der Waals surface area contributed by atoms with Crippen molar-refractivity contribution in [1.82, 2.24) is 10.3 Å². The Morgan fingerprint density at radius 2 is 1.63 bits per heavy atom. The number of para-hydroxylation sites is 2. The number of hydrogen-bond donors (Lipinski definition) is 3. The van der Waals surface area contributed by atoms with Gasteiger partial charge in [-0.25, -0.2) is 4.98 Å². The fourth-order valence-electron chi connectivity index (χ4n) is 5.20. The number of ether oxygens (including phenoxy) is 2. The van der Waals surface area contributed by atoms with Crippen molar-refractivity contribution in [2.75, 3.05) is 60.6 Å². The van der Waals surface area contributed by atoms with E-state index in [1.54, 1.807) is 25.3 Å². The average Bonchev–Trinajstić information content (AvgIpc) is 3.06. The zero-order valence-electron chi connectivity index (χ0n) is 25.6. The maximum atomic E-state index is 13.4. The number of anilines is 4. The van der Waals surface area contributed by atoms with Crippen LogP contribution in [0.4, 0.5) is 22.7 Å². The van der Waals surface area contributed by atoms with E-state index in [1.165, 1.54) is 6.92 Å². The first-order valence-corrected chi connectivity index (χ1v) is 15.9. The van der Waals surface area contributed by atoms with Crippen molar-refractivity contribution >= 4 is 79.6 Å². The Hall–Kier alpha value is -4.73. The number of fused-ring (bicyclic) bond motifs is 2. The van der Waals surface area contributed by atoms with Crippen LogP contribution in [0.3, 0.4) is 0 Å². The fraction of sp³-hybridized carbons (Fsp3) is 0.229. The monoisotopic (exact) mass is 659 g/mol. The first-order valence-electron chi connectivity index (χ1n) is 14.8. The standard InChI is InChI=1S/C35H35Cl2N5O4/c1-23(43)39-24-10-15-31(32(22-24)45-2)41-33-27-6-3-4-9-30(27)40-34-28(33)7-5-8-29(34)35(44)38-18-21-46-26-13-11-25(12-14-26)42(19-16-36)20-17-37/h3-15,22H,16-21H2,1-2H3,(H,38,44)(H,39,43)(H,40,41). The number of alkyl halides is 2. The number of amides is 2. The maximum Gasteiger partial charge on any atom is 0.253 e. The molecule has 0 saturated carbocycles. The maximum absolute atomic E-state index is 13.4. The van der Waals surface area contributed by atoms with E-state index in [0.717, 1.165) is 27.7 Å². The van der Waals surface area contributed by atoms with Gasteiger partial charge in [0, 0.05) is 60.0 Å². The molecule has 0 aliphatic heterocycles. The molecule has 0 aliphatic carbocycles. The lowest BCUT2D eigenvalue weighted by molar-refractivity contribution is -0.114. The minimum absolute atomic E-state index is 0.173. The van der Waals surface area contributed by atoms with Crippen LogP contribution in [0.1, 0.15) is 17.3 Å². The van der Waals surface area contributed by atoms with E-state index in [-0.39, 0.29) is 11.8 Å². The SMILES string of the molecule is COc1cc(NC(C)=O)ccc1Nc1c2ccccc2nc2c(C(=O)NCCOc3ccc(N(CCCl)CCCl)cc3)cccc12. The zero-order valence-corrected chi connectivity index (χ0v) is 27.1. The number of pyridine rings is 1. The Labute approximate surface area is 277 Å². The van der Waals surface area contributed by atoms with Crippen molar-refractivity contribution in [2.45, 2.75) is 6.92 Å². The third-order valence-electron chi connectivity index (χ3n) is 7.30. The summed E-state index contributed by atoms with van der Waals surface area (Å²) in [6.45, 7) is 3.46. The molecule has 9 nitrogen and oxygen atoms in total. The van der Waals surface area contributed by atoms with Gasteiger partial charge >= 0.3 is 0 Å². The van der Waals surface area contributed by atoms with E-state index < -0.39 is 0 Å². The number of carbonyl (C=O) groups is 2. The lowest BCUT2D eigenvalue weighted by Gasteiger charge is -2.23. The van der Waals surface area contributed by atoms with E-state index in [0.29, 0.717) is 72.0 Å². The quantitative estimate of drug-likeness (QED) is 0.0658. The van der Waals surface area contributed by atoms with Crippen LogP contribution in [0.2, 0.25) is 0 Å². The number of benzene rings is 4. The van der Waals surface area contributed by atoms with Crippen LogP contribution in [-0.4, -0.2) is 61.9 Å². The molecule has 238 valence electrons. The summed E-state index contributed by atoms with van der Waals surface area (Å²) in [5, 5.41) is 10.9. The van der Waals surface area contributed by atoms with Crippen LogP contribution in [0.5, 0.6) is 11.5 Å². The number of methoxy groups -OCH3 is 1. The summed E-state index contributed by atoms with van der Waals surface area (Å²) in [4.78, 5) is 32.0. The largest absolute Gasteiger partial charge is 0.494 e. The number of nitrogens with zero attached hydrogens (tertiary/aromatic N) is 2. The van der Waals surface area contributed by atoms with Gasteiger partial charge in [0.05, 0.1) is 41.6 Å². The van der Waals surface area contributed by atoms with Crippen molar-refractivity contribution in [2.24, 2.45) is 0 Å². The van der Waals surface area contributed by atoms with Gasteiger partial charge in [0.15, 0.2) is 0 Å². The summed E-state index contributed by atoms with van der Waals surface area (Å²) in [6.07, 6.45) is 0. The fourth-order valence-corrected chi connectivity index (χ4v) is 5.61. The van der Waals surface area contributed by atoms with Crippen LogP contribution in [0.25, 0.3) is 21.8 Å². The van der Waals surface area contributed by atoms with E-state index in [1.807, 2.05) is 66.7 Å². The molecule has 0 unspecified atom stereocenters. The van der Waals surface area contributed by atoms with Gasteiger partial charge in [-0.2, -0.15) is 0 Å². The number of rotatable bonds is 14. The second-order valence-electron chi connectivity index (χ2n) is 10.4. The summed E-state index contributed by atoms with van der Waals surface area (Å²) in [6, 6.07) is 26.4. The number of nitrogens with one attached hydrogen (secondary N) is 3. The van der Waals surface area contributed by atoms with Gasteiger partial charge in [0.25, 0.3) is 5.91 Å². The van der Waals surface area contributed by atoms with Crippen molar-refractivity contribution in [1.29, 1.82) is 0 Å². The van der Waals surface area contributed by atoms with E-state index in [2.05, 4.69) is 20.9 Å². The Kier molecular flexibility index (Phi) is 11.0. The van der Waals surface area contributed by atoms with Crippen LogP contribution in [0.15, 0.2) is 84.9 Å². The molecule has 46 heavy (non-hydrogen) atoms. The molecule has 2 amide bonds. The predicted octanol–water partition coefficient (Wildman–Crippen LogP) is 7.19. The molecule has 0 spiro atoms. The van der Waals surface area contributed by atoms with Crippen LogP contribution in [-0.2, 0) is 4.79 Å². The molecule has 0 fully saturated rings. The highest BCUT2D eigenvalue weighted by atomic mass is 35.5. The lowest BCUT2D eigenvalue weighted by atomic mass is 10.0. The highest BCUT2D eigenvalue weighted by molar-refractivity contribution is 6.18. The predicted molar refractivity (Wildman–Crippen MR) is 188 cm³/mol. The Bertz CT molecular complexity index is 1830. The molecule has 0 radical (unpaired) electrons. The van der Waals surface area contributed by atoms with E-state index in [4.69, 9.17) is 37.7 Å². The van der Waals surface area contributed by atoms with Crippen molar-refractivity contribution < 1.29 is 19.1 Å². The molecule has 1 aromatic heterocycles.